The van der Waals surface area contributed by atoms with Gasteiger partial charge in [-0.2, -0.15) is 0 Å². The van der Waals surface area contributed by atoms with Crippen molar-refractivity contribution in [3.05, 3.63) is 47.0 Å². The maximum absolute atomic E-state index is 12.2. The molecule has 2 bridgehead atoms. The van der Waals surface area contributed by atoms with Crippen molar-refractivity contribution in [1.29, 1.82) is 0 Å². The second-order valence-electron chi connectivity index (χ2n) is 5.12. The van der Waals surface area contributed by atoms with E-state index in [9.17, 15) is 19.5 Å². The van der Waals surface area contributed by atoms with Crippen molar-refractivity contribution >= 4 is 17.7 Å². The molecule has 5 nitrogen and oxygen atoms in total. The van der Waals surface area contributed by atoms with Crippen molar-refractivity contribution in [2.24, 2.45) is 11.8 Å². The predicted octanol–water partition coefficient (Wildman–Crippen LogP) is 1.45. The van der Waals surface area contributed by atoms with E-state index in [0.29, 0.717) is 6.42 Å². The van der Waals surface area contributed by atoms with Crippen LogP contribution in [0.5, 0.6) is 0 Å². The molecule has 1 aromatic rings. The van der Waals surface area contributed by atoms with E-state index < -0.39 is 23.8 Å². The number of carboxylic acid groups (broad SMARTS) is 2. The molecule has 0 radical (unpaired) electrons. The molecule has 2 aliphatic rings. The summed E-state index contributed by atoms with van der Waals surface area (Å²) < 4.78 is 0. The minimum atomic E-state index is -1.30. The van der Waals surface area contributed by atoms with Crippen LogP contribution in [0.25, 0.3) is 0 Å². The van der Waals surface area contributed by atoms with Gasteiger partial charge in [0.05, 0.1) is 23.0 Å². The Morgan fingerprint density at radius 1 is 1.00 bits per heavy atom. The summed E-state index contributed by atoms with van der Waals surface area (Å²) in [6.45, 7) is 0. The van der Waals surface area contributed by atoms with E-state index >= 15 is 0 Å². The first-order valence-electron chi connectivity index (χ1n) is 6.31. The Morgan fingerprint density at radius 3 is 2.15 bits per heavy atom. The minimum absolute atomic E-state index is 0.223. The Bertz CT molecular complexity index is 643. The molecule has 2 N–H and O–H groups in total. The largest absolute Gasteiger partial charge is 0.478 e. The zero-order valence-corrected chi connectivity index (χ0v) is 10.4. The molecule has 0 spiro atoms. The summed E-state index contributed by atoms with van der Waals surface area (Å²) in [5.41, 5.74) is 0.434. The van der Waals surface area contributed by atoms with Crippen LogP contribution in [0, 0.1) is 11.8 Å². The topological polar surface area (TPSA) is 91.7 Å². The SMILES string of the molecule is O=C(O)C1=C(C(=O)O)C2C(=O)C1CC2c1ccccc1. The molecule has 2 aliphatic carbocycles. The van der Waals surface area contributed by atoms with Crippen LogP contribution in [0.3, 0.4) is 0 Å². The molecular formula is C15H12O5. The van der Waals surface area contributed by atoms with Crippen LogP contribution >= 0.6 is 0 Å². The number of hydrogen-bond acceptors (Lipinski definition) is 3. The Labute approximate surface area is 114 Å². The number of carbonyl (C=O) groups is 3. The number of fused-ring (bicyclic) bond motifs is 2. The summed E-state index contributed by atoms with van der Waals surface area (Å²) in [4.78, 5) is 34.8. The van der Waals surface area contributed by atoms with E-state index in [0.717, 1.165) is 5.56 Å². The van der Waals surface area contributed by atoms with Crippen molar-refractivity contribution in [1.82, 2.24) is 0 Å². The lowest BCUT2D eigenvalue weighted by molar-refractivity contribution is -0.136. The van der Waals surface area contributed by atoms with E-state index in [2.05, 4.69) is 0 Å². The summed E-state index contributed by atoms with van der Waals surface area (Å²) in [5, 5.41) is 18.4. The summed E-state index contributed by atoms with van der Waals surface area (Å²) in [5.74, 6) is -4.71. The standard InChI is InChI=1S/C15H12O5/c16-13-9-6-8(7-4-2-1-3-5-7)10(13)12(15(19)20)11(9)14(17)18/h1-5,8-10H,6H2,(H,17,18)(H,19,20). The minimum Gasteiger partial charge on any atom is -0.478 e. The lowest BCUT2D eigenvalue weighted by Gasteiger charge is -2.22. The molecule has 102 valence electrons. The first-order chi connectivity index (χ1) is 9.52. The molecule has 20 heavy (non-hydrogen) atoms. The van der Waals surface area contributed by atoms with E-state index in [1.54, 1.807) is 0 Å². The maximum Gasteiger partial charge on any atom is 0.332 e. The molecule has 0 amide bonds. The number of carbonyl (C=O) groups excluding carboxylic acids is 1. The average Bonchev–Trinajstić information content (AvgIpc) is 2.90. The van der Waals surface area contributed by atoms with Gasteiger partial charge in [-0.1, -0.05) is 30.3 Å². The van der Waals surface area contributed by atoms with Crippen LogP contribution in [-0.2, 0) is 14.4 Å². The Morgan fingerprint density at radius 2 is 1.60 bits per heavy atom. The van der Waals surface area contributed by atoms with Gasteiger partial charge in [-0.05, 0) is 17.9 Å². The number of carboxylic acids is 2. The van der Waals surface area contributed by atoms with E-state index in [4.69, 9.17) is 5.11 Å². The first-order valence-corrected chi connectivity index (χ1v) is 6.31. The molecular weight excluding hydrogens is 260 g/mol. The molecule has 1 aromatic carbocycles. The van der Waals surface area contributed by atoms with E-state index in [-0.39, 0.29) is 22.8 Å². The van der Waals surface area contributed by atoms with Gasteiger partial charge in [-0.3, -0.25) is 4.79 Å². The van der Waals surface area contributed by atoms with Crippen molar-refractivity contribution in [3.63, 3.8) is 0 Å². The number of benzene rings is 1. The van der Waals surface area contributed by atoms with Gasteiger partial charge in [0, 0.05) is 0 Å². The van der Waals surface area contributed by atoms with Crippen molar-refractivity contribution in [2.75, 3.05) is 0 Å². The van der Waals surface area contributed by atoms with Gasteiger partial charge in [0.15, 0.2) is 0 Å². The summed E-state index contributed by atoms with van der Waals surface area (Å²) in [6, 6.07) is 9.19. The van der Waals surface area contributed by atoms with Gasteiger partial charge < -0.3 is 10.2 Å². The smallest absolute Gasteiger partial charge is 0.332 e. The normalized spacial score (nSPS) is 28.0. The number of rotatable bonds is 3. The van der Waals surface area contributed by atoms with Crippen LogP contribution in [0.2, 0.25) is 0 Å². The van der Waals surface area contributed by atoms with Gasteiger partial charge in [0.2, 0.25) is 0 Å². The maximum atomic E-state index is 12.2. The van der Waals surface area contributed by atoms with Gasteiger partial charge in [0.1, 0.15) is 5.78 Å². The van der Waals surface area contributed by atoms with Gasteiger partial charge in [-0.15, -0.1) is 0 Å². The highest BCUT2D eigenvalue weighted by atomic mass is 16.4. The molecule has 3 rings (SSSR count). The zero-order chi connectivity index (χ0) is 14.4. The number of aliphatic carboxylic acids is 2. The first kappa shape index (κ1) is 12.6. The lowest BCUT2D eigenvalue weighted by Crippen LogP contribution is -2.22. The summed E-state index contributed by atoms with van der Waals surface area (Å²) >= 11 is 0. The van der Waals surface area contributed by atoms with Crippen LogP contribution in [0.4, 0.5) is 0 Å². The number of ketones is 1. The summed E-state index contributed by atoms with van der Waals surface area (Å²) in [7, 11) is 0. The monoisotopic (exact) mass is 272 g/mol. The van der Waals surface area contributed by atoms with Crippen molar-refractivity contribution < 1.29 is 24.6 Å². The summed E-state index contributed by atoms with van der Waals surface area (Å²) in [6.07, 6.45) is 0.381. The molecule has 0 saturated heterocycles. The third-order valence-corrected chi connectivity index (χ3v) is 4.18. The van der Waals surface area contributed by atoms with Crippen LogP contribution in [0.1, 0.15) is 17.9 Å². The number of Topliss-reactive ketones (excluding diaryl/α,β-unsaturated/α-hetero) is 1. The molecule has 3 atom stereocenters. The molecule has 0 aliphatic heterocycles. The van der Waals surface area contributed by atoms with Crippen LogP contribution in [-0.4, -0.2) is 27.9 Å². The highest BCUT2D eigenvalue weighted by Gasteiger charge is 2.56. The second-order valence-corrected chi connectivity index (χ2v) is 5.12. The number of hydrogen-bond donors (Lipinski definition) is 2. The zero-order valence-electron chi connectivity index (χ0n) is 10.4. The quantitative estimate of drug-likeness (QED) is 0.869. The Hall–Kier alpha value is -2.43. The van der Waals surface area contributed by atoms with Crippen LogP contribution < -0.4 is 0 Å². The predicted molar refractivity (Wildman–Crippen MR) is 68.1 cm³/mol. The van der Waals surface area contributed by atoms with Gasteiger partial charge in [0.25, 0.3) is 0 Å². The van der Waals surface area contributed by atoms with E-state index in [1.165, 1.54) is 0 Å². The third kappa shape index (κ3) is 1.59. The molecule has 1 fully saturated rings. The highest BCUT2D eigenvalue weighted by Crippen LogP contribution is 2.53. The van der Waals surface area contributed by atoms with Gasteiger partial charge in [-0.25, -0.2) is 9.59 Å². The van der Waals surface area contributed by atoms with E-state index in [1.807, 2.05) is 30.3 Å². The molecule has 0 aromatic heterocycles. The van der Waals surface area contributed by atoms with Crippen molar-refractivity contribution in [2.45, 2.75) is 12.3 Å². The second kappa shape index (κ2) is 4.30. The fourth-order valence-electron chi connectivity index (χ4n) is 3.42. The molecule has 1 saturated carbocycles. The Kier molecular flexibility index (Phi) is 2.71. The fourth-order valence-corrected chi connectivity index (χ4v) is 3.42. The van der Waals surface area contributed by atoms with Gasteiger partial charge >= 0.3 is 11.9 Å². The Balaban J connectivity index is 2.10. The van der Waals surface area contributed by atoms with Crippen LogP contribution in [0.15, 0.2) is 41.5 Å². The highest BCUT2D eigenvalue weighted by molar-refractivity contribution is 6.14. The molecule has 5 heteroatoms. The average molecular weight is 272 g/mol. The molecule has 0 heterocycles. The third-order valence-electron chi connectivity index (χ3n) is 4.18. The molecule has 3 unspecified atom stereocenters. The lowest BCUT2D eigenvalue weighted by atomic mass is 9.79. The van der Waals surface area contributed by atoms with Crippen molar-refractivity contribution in [3.8, 4) is 0 Å². The fraction of sp³-hybridized carbons (Fsp3) is 0.267.